The monoisotopic (exact) mass is 467 g/mol. The number of allylic oxidation sites excluding steroid dienone is 5. The summed E-state index contributed by atoms with van der Waals surface area (Å²) in [5.74, 6) is 0.716. The predicted molar refractivity (Wildman–Crippen MR) is 137 cm³/mol. The average Bonchev–Trinajstić information content (AvgIpc) is 3.34. The molecule has 3 aromatic rings. The van der Waals surface area contributed by atoms with Gasteiger partial charge in [0.05, 0.1) is 6.10 Å². The van der Waals surface area contributed by atoms with Gasteiger partial charge in [-0.25, -0.2) is 9.78 Å². The molecular formula is C30H29NO4. The van der Waals surface area contributed by atoms with Crippen molar-refractivity contribution in [1.82, 2.24) is 4.98 Å². The van der Waals surface area contributed by atoms with Gasteiger partial charge in [-0.05, 0) is 42.7 Å². The van der Waals surface area contributed by atoms with Gasteiger partial charge in [-0.15, -0.1) is 0 Å². The Kier molecular flexibility index (Phi) is 6.77. The summed E-state index contributed by atoms with van der Waals surface area (Å²) in [5.41, 5.74) is 6.24. The third kappa shape index (κ3) is 5.05. The van der Waals surface area contributed by atoms with Gasteiger partial charge in [0.2, 0.25) is 5.89 Å². The van der Waals surface area contributed by atoms with Crippen LogP contribution in [0.5, 0.6) is 0 Å². The normalized spacial score (nSPS) is 20.1. The number of nitrogens with zero attached hydrogens (tertiary/aromatic N) is 1. The number of rotatable bonds is 7. The number of ether oxygens (including phenoxy) is 1. The van der Waals surface area contributed by atoms with Gasteiger partial charge in [0, 0.05) is 16.7 Å². The summed E-state index contributed by atoms with van der Waals surface area (Å²) in [6, 6.07) is 20.2. The number of carboxylic acid groups (broad SMARTS) is 1. The quantitative estimate of drug-likeness (QED) is 0.407. The van der Waals surface area contributed by atoms with Crippen LogP contribution < -0.4 is 0 Å². The third-order valence-electron chi connectivity index (χ3n) is 6.59. The van der Waals surface area contributed by atoms with E-state index < -0.39 is 5.97 Å². The molecule has 5 nitrogen and oxygen atoms in total. The van der Waals surface area contributed by atoms with Crippen LogP contribution in [0.2, 0.25) is 0 Å². The molecule has 0 amide bonds. The van der Waals surface area contributed by atoms with Gasteiger partial charge in [0.1, 0.15) is 12.3 Å². The Morgan fingerprint density at radius 3 is 2.51 bits per heavy atom. The second-order valence-electron chi connectivity index (χ2n) is 9.12. The minimum Gasteiger partial charge on any atom is -0.480 e. The van der Waals surface area contributed by atoms with Crippen LogP contribution in [0.3, 0.4) is 0 Å². The SMILES string of the molecule is CC1CC=CC(c2nc(-c3ccccc3)c(-c3ccccc3)o2)=C1C1=CC(OCC(=O)O)CCC1. The molecule has 0 bridgehead atoms. The van der Waals surface area contributed by atoms with Crippen molar-refractivity contribution in [1.29, 1.82) is 0 Å². The van der Waals surface area contributed by atoms with Crippen molar-refractivity contribution < 1.29 is 19.1 Å². The summed E-state index contributed by atoms with van der Waals surface area (Å²) in [6.45, 7) is 1.94. The minimum absolute atomic E-state index is 0.189. The number of hydrogen-bond acceptors (Lipinski definition) is 4. The molecule has 5 rings (SSSR count). The molecule has 0 saturated heterocycles. The maximum atomic E-state index is 11.0. The highest BCUT2D eigenvalue weighted by atomic mass is 16.5. The Bertz CT molecular complexity index is 1230. The molecule has 35 heavy (non-hydrogen) atoms. The van der Waals surface area contributed by atoms with Crippen LogP contribution in [0.25, 0.3) is 28.2 Å². The van der Waals surface area contributed by atoms with Crippen molar-refractivity contribution in [3.8, 4) is 22.6 Å². The van der Waals surface area contributed by atoms with Crippen molar-refractivity contribution in [3.05, 3.63) is 95.9 Å². The molecule has 2 aromatic carbocycles. The molecule has 1 N–H and O–H groups in total. The molecule has 5 heteroatoms. The maximum Gasteiger partial charge on any atom is 0.329 e. The van der Waals surface area contributed by atoms with Crippen molar-refractivity contribution >= 4 is 11.5 Å². The van der Waals surface area contributed by atoms with Gasteiger partial charge in [-0.1, -0.05) is 85.8 Å². The van der Waals surface area contributed by atoms with Gasteiger partial charge in [-0.3, -0.25) is 0 Å². The summed E-state index contributed by atoms with van der Waals surface area (Å²) >= 11 is 0. The molecule has 2 atom stereocenters. The standard InChI is InChI=1S/C30H29NO4/c1-20-10-8-17-25(27(20)23-15-9-16-24(18-23)34-19-26(32)33)30-31-28(21-11-4-2-5-12-21)29(35-30)22-13-6-3-7-14-22/h2-8,11-14,17-18,20,24H,9-10,15-16,19H2,1H3,(H,32,33). The lowest BCUT2D eigenvalue weighted by atomic mass is 9.79. The second kappa shape index (κ2) is 10.3. The fraction of sp³-hybridized carbons (Fsp3) is 0.267. The highest BCUT2D eigenvalue weighted by Crippen LogP contribution is 2.42. The number of hydrogen-bond donors (Lipinski definition) is 1. The topological polar surface area (TPSA) is 72.6 Å². The van der Waals surface area contributed by atoms with Crippen molar-refractivity contribution in [3.63, 3.8) is 0 Å². The maximum absolute atomic E-state index is 11.0. The van der Waals surface area contributed by atoms with Crippen LogP contribution >= 0.6 is 0 Å². The Morgan fingerprint density at radius 1 is 1.09 bits per heavy atom. The lowest BCUT2D eigenvalue weighted by Gasteiger charge is -2.28. The van der Waals surface area contributed by atoms with Crippen molar-refractivity contribution in [2.24, 2.45) is 5.92 Å². The minimum atomic E-state index is -0.943. The molecule has 2 aliphatic rings. The first-order chi connectivity index (χ1) is 17.1. The van der Waals surface area contributed by atoms with Gasteiger partial charge in [0.25, 0.3) is 0 Å². The first-order valence-corrected chi connectivity index (χ1v) is 12.2. The number of aromatic nitrogens is 1. The van der Waals surface area contributed by atoms with Crippen molar-refractivity contribution in [2.45, 2.75) is 38.7 Å². The molecule has 178 valence electrons. The van der Waals surface area contributed by atoms with Gasteiger partial charge < -0.3 is 14.3 Å². The van der Waals surface area contributed by atoms with E-state index in [1.807, 2.05) is 48.5 Å². The molecule has 2 aliphatic carbocycles. The number of oxazole rings is 1. The highest BCUT2D eigenvalue weighted by Gasteiger charge is 2.28. The Morgan fingerprint density at radius 2 is 1.80 bits per heavy atom. The Balaban J connectivity index is 1.61. The summed E-state index contributed by atoms with van der Waals surface area (Å²) in [6.07, 6.45) is 9.88. The molecular weight excluding hydrogens is 438 g/mol. The zero-order valence-corrected chi connectivity index (χ0v) is 19.8. The lowest BCUT2D eigenvalue weighted by Crippen LogP contribution is -2.21. The van der Waals surface area contributed by atoms with Crippen LogP contribution in [-0.4, -0.2) is 28.8 Å². The molecule has 2 unspecified atom stereocenters. The van der Waals surface area contributed by atoms with Gasteiger partial charge >= 0.3 is 5.97 Å². The summed E-state index contributed by atoms with van der Waals surface area (Å²) in [4.78, 5) is 16.0. The van der Waals surface area contributed by atoms with Gasteiger partial charge in [-0.2, -0.15) is 0 Å². The smallest absolute Gasteiger partial charge is 0.329 e. The number of aliphatic carboxylic acids is 1. The zero-order valence-electron chi connectivity index (χ0n) is 19.8. The highest BCUT2D eigenvalue weighted by molar-refractivity contribution is 5.83. The Hall–Kier alpha value is -3.70. The largest absolute Gasteiger partial charge is 0.480 e. The van der Waals surface area contributed by atoms with E-state index in [1.54, 1.807) is 0 Å². The van der Waals surface area contributed by atoms with Crippen LogP contribution in [0, 0.1) is 5.92 Å². The van der Waals surface area contributed by atoms with E-state index in [1.165, 1.54) is 11.1 Å². The molecule has 0 saturated carbocycles. The molecule has 0 fully saturated rings. The number of carboxylic acids is 1. The van der Waals surface area contributed by atoms with E-state index in [4.69, 9.17) is 19.2 Å². The number of carbonyl (C=O) groups is 1. The zero-order chi connectivity index (χ0) is 24.2. The van der Waals surface area contributed by atoms with Gasteiger partial charge in [0.15, 0.2) is 5.76 Å². The van der Waals surface area contributed by atoms with Crippen LogP contribution in [0.1, 0.15) is 38.5 Å². The van der Waals surface area contributed by atoms with Crippen LogP contribution in [0.15, 0.2) is 94.5 Å². The predicted octanol–water partition coefficient (Wildman–Crippen LogP) is 6.94. The summed E-state index contributed by atoms with van der Waals surface area (Å²) < 4.78 is 12.1. The lowest BCUT2D eigenvalue weighted by molar-refractivity contribution is -0.143. The summed E-state index contributed by atoms with van der Waals surface area (Å²) in [5, 5.41) is 9.02. The van der Waals surface area contributed by atoms with E-state index >= 15 is 0 Å². The molecule has 0 radical (unpaired) electrons. The van der Waals surface area contributed by atoms with E-state index in [2.05, 4.69) is 37.3 Å². The van der Waals surface area contributed by atoms with E-state index in [0.717, 1.165) is 53.8 Å². The van der Waals surface area contributed by atoms with E-state index in [9.17, 15) is 4.79 Å². The van der Waals surface area contributed by atoms with Crippen LogP contribution in [-0.2, 0) is 9.53 Å². The van der Waals surface area contributed by atoms with E-state index in [0.29, 0.717) is 11.8 Å². The van der Waals surface area contributed by atoms with E-state index in [-0.39, 0.29) is 12.7 Å². The second-order valence-corrected chi connectivity index (χ2v) is 9.12. The molecule has 1 heterocycles. The average molecular weight is 468 g/mol. The van der Waals surface area contributed by atoms with Crippen molar-refractivity contribution in [2.75, 3.05) is 6.61 Å². The molecule has 0 aliphatic heterocycles. The van der Waals surface area contributed by atoms with Crippen LogP contribution in [0.4, 0.5) is 0 Å². The first kappa shape index (κ1) is 23.1. The Labute approximate surface area is 205 Å². The fourth-order valence-electron chi connectivity index (χ4n) is 4.97. The fourth-order valence-corrected chi connectivity index (χ4v) is 4.97. The molecule has 1 aromatic heterocycles. The molecule has 0 spiro atoms. The summed E-state index contributed by atoms with van der Waals surface area (Å²) in [7, 11) is 0. The third-order valence-corrected chi connectivity index (χ3v) is 6.59. The number of benzene rings is 2. The first-order valence-electron chi connectivity index (χ1n) is 12.2.